The number of hydrogen-bond acceptors (Lipinski definition) is 2. The first-order valence-electron chi connectivity index (χ1n) is 5.67. The molecule has 0 N–H and O–H groups in total. The molecule has 1 fully saturated rings. The van der Waals surface area contributed by atoms with Crippen LogP contribution in [0.5, 0.6) is 0 Å². The highest BCUT2D eigenvalue weighted by atomic mass is 19.4. The monoisotopic (exact) mass is 248 g/mol. The van der Waals surface area contributed by atoms with E-state index in [9.17, 15) is 13.2 Å². The second-order valence-corrected chi connectivity index (χ2v) is 4.37. The molecule has 98 valence electrons. The summed E-state index contributed by atoms with van der Waals surface area (Å²) in [6.45, 7) is 8.52. The molecule has 1 saturated heterocycles. The molecule has 0 saturated carbocycles. The lowest BCUT2D eigenvalue weighted by molar-refractivity contribution is -0.0894. The lowest BCUT2D eigenvalue weighted by Crippen LogP contribution is -2.45. The van der Waals surface area contributed by atoms with E-state index in [2.05, 4.69) is 11.5 Å². The molecule has 0 bridgehead atoms. The summed E-state index contributed by atoms with van der Waals surface area (Å²) in [5, 5.41) is 0. The van der Waals surface area contributed by atoms with Crippen LogP contribution in [-0.4, -0.2) is 55.7 Å². The molecule has 1 aliphatic heterocycles. The van der Waals surface area contributed by atoms with Gasteiger partial charge in [0.05, 0.1) is 5.57 Å². The second kappa shape index (κ2) is 5.69. The van der Waals surface area contributed by atoms with Gasteiger partial charge in [0, 0.05) is 32.7 Å². The fraction of sp³-hybridized carbons (Fsp3) is 0.667. The number of halogens is 3. The van der Waals surface area contributed by atoms with Crippen molar-refractivity contribution < 1.29 is 13.2 Å². The Morgan fingerprint density at radius 1 is 1.24 bits per heavy atom. The Balaban J connectivity index is 2.57. The highest BCUT2D eigenvalue weighted by Crippen LogP contribution is 2.30. The van der Waals surface area contributed by atoms with Gasteiger partial charge >= 0.3 is 6.18 Å². The van der Waals surface area contributed by atoms with Crippen molar-refractivity contribution in [3.63, 3.8) is 0 Å². The van der Waals surface area contributed by atoms with E-state index in [4.69, 9.17) is 0 Å². The number of rotatable bonds is 3. The Labute approximate surface area is 100 Å². The third kappa shape index (κ3) is 4.16. The standard InChI is InChI=1S/C12H19F3N2/c1-4-11(10(2)12(13,14)15)9-17-7-5-16(3)6-8-17/h4H,2,5-9H2,1,3H3. The SMILES string of the molecule is C=C(C(=CC)CN1CCN(C)CC1)C(F)(F)F. The Hall–Kier alpha value is -0.810. The van der Waals surface area contributed by atoms with Crippen LogP contribution < -0.4 is 0 Å². The summed E-state index contributed by atoms with van der Waals surface area (Å²) in [6.07, 6.45) is -2.82. The van der Waals surface area contributed by atoms with Crippen molar-refractivity contribution in [3.8, 4) is 0 Å². The summed E-state index contributed by atoms with van der Waals surface area (Å²) >= 11 is 0. The van der Waals surface area contributed by atoms with Gasteiger partial charge in [0.2, 0.25) is 0 Å². The average molecular weight is 248 g/mol. The molecule has 0 aliphatic carbocycles. The first-order chi connectivity index (χ1) is 7.84. The number of alkyl halides is 3. The van der Waals surface area contributed by atoms with Crippen LogP contribution in [0.4, 0.5) is 13.2 Å². The molecule has 0 amide bonds. The predicted molar refractivity (Wildman–Crippen MR) is 62.9 cm³/mol. The minimum absolute atomic E-state index is 0.280. The normalized spacial score (nSPS) is 20.6. The molecule has 0 aromatic carbocycles. The maximum absolute atomic E-state index is 12.5. The van der Waals surface area contributed by atoms with Gasteiger partial charge in [0.15, 0.2) is 0 Å². The molecule has 5 heteroatoms. The summed E-state index contributed by atoms with van der Waals surface area (Å²) in [5.74, 6) is 0. The molecule has 17 heavy (non-hydrogen) atoms. The Bertz CT molecular complexity index is 299. The molecule has 1 rings (SSSR count). The van der Waals surface area contributed by atoms with Crippen LogP contribution in [0.3, 0.4) is 0 Å². The number of allylic oxidation sites excluding steroid dienone is 1. The Kier molecular flexibility index (Phi) is 4.77. The van der Waals surface area contributed by atoms with Crippen LogP contribution in [-0.2, 0) is 0 Å². The fourth-order valence-corrected chi connectivity index (χ4v) is 1.79. The molecule has 0 atom stereocenters. The first-order valence-corrected chi connectivity index (χ1v) is 5.67. The van der Waals surface area contributed by atoms with Crippen LogP contribution >= 0.6 is 0 Å². The van der Waals surface area contributed by atoms with Crippen molar-refractivity contribution in [2.75, 3.05) is 39.8 Å². The molecule has 2 nitrogen and oxygen atoms in total. The smallest absolute Gasteiger partial charge is 0.304 e. The van der Waals surface area contributed by atoms with E-state index in [-0.39, 0.29) is 5.57 Å². The van der Waals surface area contributed by atoms with Crippen LogP contribution in [0.25, 0.3) is 0 Å². The zero-order chi connectivity index (χ0) is 13.1. The van der Waals surface area contributed by atoms with E-state index < -0.39 is 11.7 Å². The van der Waals surface area contributed by atoms with Crippen molar-refractivity contribution in [1.29, 1.82) is 0 Å². The van der Waals surface area contributed by atoms with E-state index in [1.165, 1.54) is 6.08 Å². The summed E-state index contributed by atoms with van der Waals surface area (Å²) in [4.78, 5) is 4.21. The predicted octanol–water partition coefficient (Wildman–Crippen LogP) is 2.30. The Morgan fingerprint density at radius 3 is 2.18 bits per heavy atom. The summed E-state index contributed by atoms with van der Waals surface area (Å²) in [6, 6.07) is 0. The molecular formula is C12H19F3N2. The number of hydrogen-bond donors (Lipinski definition) is 0. The van der Waals surface area contributed by atoms with Crippen molar-refractivity contribution in [2.45, 2.75) is 13.1 Å². The first kappa shape index (κ1) is 14.3. The third-order valence-corrected chi connectivity index (χ3v) is 3.07. The highest BCUT2D eigenvalue weighted by molar-refractivity contribution is 5.33. The zero-order valence-electron chi connectivity index (χ0n) is 10.3. The number of likely N-dealkylation sites (N-methyl/N-ethyl adjacent to an activating group) is 1. The van der Waals surface area contributed by atoms with Gasteiger partial charge in [0.25, 0.3) is 0 Å². The van der Waals surface area contributed by atoms with Gasteiger partial charge in [-0.2, -0.15) is 13.2 Å². The van der Waals surface area contributed by atoms with Crippen LogP contribution in [0, 0.1) is 0 Å². The minimum Gasteiger partial charge on any atom is -0.304 e. The minimum atomic E-state index is -4.32. The van der Waals surface area contributed by atoms with E-state index in [0.717, 1.165) is 26.2 Å². The topological polar surface area (TPSA) is 6.48 Å². The van der Waals surface area contributed by atoms with Gasteiger partial charge in [-0.15, -0.1) is 0 Å². The molecule has 0 spiro atoms. The maximum atomic E-state index is 12.5. The van der Waals surface area contributed by atoms with Crippen molar-refractivity contribution in [1.82, 2.24) is 9.80 Å². The van der Waals surface area contributed by atoms with Crippen molar-refractivity contribution >= 4 is 0 Å². The molecule has 0 aromatic rings. The zero-order valence-corrected chi connectivity index (χ0v) is 10.3. The Morgan fingerprint density at radius 2 is 1.76 bits per heavy atom. The van der Waals surface area contributed by atoms with Gasteiger partial charge in [-0.05, 0) is 19.5 Å². The summed E-state index contributed by atoms with van der Waals surface area (Å²) in [7, 11) is 2.02. The van der Waals surface area contributed by atoms with Gasteiger partial charge in [-0.1, -0.05) is 12.7 Å². The van der Waals surface area contributed by atoms with E-state index in [1.54, 1.807) is 6.92 Å². The quantitative estimate of drug-likeness (QED) is 0.707. The van der Waals surface area contributed by atoms with E-state index in [1.807, 2.05) is 11.9 Å². The molecule has 0 unspecified atom stereocenters. The van der Waals surface area contributed by atoms with Gasteiger partial charge in [0.1, 0.15) is 0 Å². The van der Waals surface area contributed by atoms with Crippen LogP contribution in [0.2, 0.25) is 0 Å². The largest absolute Gasteiger partial charge is 0.416 e. The van der Waals surface area contributed by atoms with Gasteiger partial charge in [-0.25, -0.2) is 0 Å². The number of piperazine rings is 1. The van der Waals surface area contributed by atoms with E-state index in [0.29, 0.717) is 6.54 Å². The second-order valence-electron chi connectivity index (χ2n) is 4.37. The summed E-state index contributed by atoms with van der Waals surface area (Å²) < 4.78 is 37.6. The number of nitrogens with zero attached hydrogens (tertiary/aromatic N) is 2. The maximum Gasteiger partial charge on any atom is 0.416 e. The lowest BCUT2D eigenvalue weighted by Gasteiger charge is -2.33. The molecular weight excluding hydrogens is 229 g/mol. The van der Waals surface area contributed by atoms with Crippen molar-refractivity contribution in [3.05, 3.63) is 23.8 Å². The average Bonchev–Trinajstić information content (AvgIpc) is 2.26. The van der Waals surface area contributed by atoms with Crippen LogP contribution in [0.1, 0.15) is 6.92 Å². The summed E-state index contributed by atoms with van der Waals surface area (Å²) in [5.41, 5.74) is -0.444. The van der Waals surface area contributed by atoms with Gasteiger partial charge < -0.3 is 4.90 Å². The highest BCUT2D eigenvalue weighted by Gasteiger charge is 2.34. The van der Waals surface area contributed by atoms with Gasteiger partial charge in [-0.3, -0.25) is 4.90 Å². The molecule has 1 aliphatic rings. The third-order valence-electron chi connectivity index (χ3n) is 3.07. The lowest BCUT2D eigenvalue weighted by atomic mass is 10.1. The van der Waals surface area contributed by atoms with E-state index >= 15 is 0 Å². The molecule has 0 aromatic heterocycles. The molecule has 0 radical (unpaired) electrons. The van der Waals surface area contributed by atoms with Crippen LogP contribution in [0.15, 0.2) is 23.8 Å². The molecule has 1 heterocycles. The van der Waals surface area contributed by atoms with Crippen molar-refractivity contribution in [2.24, 2.45) is 0 Å². The fourth-order valence-electron chi connectivity index (χ4n) is 1.79.